The molecular formula is C26H23ClN2O6. The van der Waals surface area contributed by atoms with Crippen molar-refractivity contribution in [3.63, 3.8) is 0 Å². The van der Waals surface area contributed by atoms with Gasteiger partial charge in [0.1, 0.15) is 6.61 Å². The predicted molar refractivity (Wildman–Crippen MR) is 129 cm³/mol. The van der Waals surface area contributed by atoms with E-state index in [1.807, 2.05) is 18.2 Å². The Morgan fingerprint density at radius 3 is 2.31 bits per heavy atom. The van der Waals surface area contributed by atoms with Gasteiger partial charge in [-0.3, -0.25) is 19.3 Å². The molecule has 0 spiro atoms. The van der Waals surface area contributed by atoms with E-state index in [2.05, 4.69) is 5.32 Å². The zero-order valence-electron chi connectivity index (χ0n) is 18.9. The first-order chi connectivity index (χ1) is 16.9. The maximum atomic E-state index is 12.6. The van der Waals surface area contributed by atoms with E-state index in [1.54, 1.807) is 42.5 Å². The smallest absolute Gasteiger partial charge is 0.261 e. The molecule has 35 heavy (non-hydrogen) atoms. The Bertz CT molecular complexity index is 1240. The molecule has 2 N–H and O–H groups in total. The zero-order chi connectivity index (χ0) is 24.9. The van der Waals surface area contributed by atoms with Crippen LogP contribution >= 0.6 is 11.6 Å². The molecule has 0 unspecified atom stereocenters. The van der Waals surface area contributed by atoms with E-state index in [9.17, 15) is 19.5 Å². The number of ether oxygens (including phenoxy) is 2. The normalized spacial score (nSPS) is 13.4. The highest BCUT2D eigenvalue weighted by Crippen LogP contribution is 2.29. The number of hydrogen-bond donors (Lipinski definition) is 2. The van der Waals surface area contributed by atoms with Gasteiger partial charge in [-0.05, 0) is 36.4 Å². The van der Waals surface area contributed by atoms with Crippen LogP contribution in [-0.4, -0.2) is 54.0 Å². The summed E-state index contributed by atoms with van der Waals surface area (Å²) in [4.78, 5) is 38.5. The van der Waals surface area contributed by atoms with Crippen molar-refractivity contribution in [1.82, 2.24) is 10.2 Å². The Labute approximate surface area is 207 Å². The topological polar surface area (TPSA) is 105 Å². The molecule has 0 radical (unpaired) electrons. The van der Waals surface area contributed by atoms with Crippen LogP contribution in [0, 0.1) is 0 Å². The molecule has 0 aliphatic carbocycles. The minimum Gasteiger partial charge on any atom is -0.493 e. The first-order valence-electron chi connectivity index (χ1n) is 10.8. The number of imide groups is 1. The monoisotopic (exact) mass is 494 g/mol. The number of hydrogen-bond acceptors (Lipinski definition) is 6. The fraction of sp³-hybridized carbons (Fsp3) is 0.192. The molecule has 3 aromatic rings. The third-order valence-electron chi connectivity index (χ3n) is 5.54. The maximum Gasteiger partial charge on any atom is 0.261 e. The Balaban J connectivity index is 1.33. The van der Waals surface area contributed by atoms with Crippen LogP contribution in [0.3, 0.4) is 0 Å². The van der Waals surface area contributed by atoms with Gasteiger partial charge in [0.2, 0.25) is 0 Å². The standard InChI is InChI=1S/C26H23ClN2O6/c1-34-23-12-16(10-11-22(23)35-15-17-6-2-5-9-21(17)27)24(31)28-13-18(30)14-29-25(32)19-7-3-4-8-20(19)26(29)33/h2-12,18,30H,13-15H2,1H3,(H,28,31)/t18-/m0/s1. The number of amides is 3. The van der Waals surface area contributed by atoms with Gasteiger partial charge in [0.25, 0.3) is 17.7 Å². The van der Waals surface area contributed by atoms with Gasteiger partial charge in [-0.2, -0.15) is 0 Å². The fourth-order valence-electron chi connectivity index (χ4n) is 3.69. The average molecular weight is 495 g/mol. The van der Waals surface area contributed by atoms with E-state index in [4.69, 9.17) is 21.1 Å². The molecule has 0 saturated heterocycles. The molecule has 3 aromatic carbocycles. The van der Waals surface area contributed by atoms with Crippen molar-refractivity contribution < 1.29 is 29.0 Å². The summed E-state index contributed by atoms with van der Waals surface area (Å²) in [6, 6.07) is 18.5. The Morgan fingerprint density at radius 2 is 1.66 bits per heavy atom. The molecule has 8 nitrogen and oxygen atoms in total. The van der Waals surface area contributed by atoms with Gasteiger partial charge >= 0.3 is 0 Å². The lowest BCUT2D eigenvalue weighted by Gasteiger charge is -2.19. The number of nitrogens with zero attached hydrogens (tertiary/aromatic N) is 1. The number of aliphatic hydroxyl groups excluding tert-OH is 1. The average Bonchev–Trinajstić information content (AvgIpc) is 3.11. The zero-order valence-corrected chi connectivity index (χ0v) is 19.6. The number of rotatable bonds is 9. The number of carbonyl (C=O) groups is 3. The van der Waals surface area contributed by atoms with Crippen molar-refractivity contribution in [2.45, 2.75) is 12.7 Å². The van der Waals surface area contributed by atoms with Gasteiger partial charge in [-0.1, -0.05) is 41.9 Å². The fourth-order valence-corrected chi connectivity index (χ4v) is 3.88. The van der Waals surface area contributed by atoms with Crippen LogP contribution in [0.2, 0.25) is 5.02 Å². The number of methoxy groups -OCH3 is 1. The maximum absolute atomic E-state index is 12.6. The van der Waals surface area contributed by atoms with Crippen LogP contribution < -0.4 is 14.8 Å². The van der Waals surface area contributed by atoms with Gasteiger partial charge in [-0.15, -0.1) is 0 Å². The minimum absolute atomic E-state index is 0.153. The van der Waals surface area contributed by atoms with Crippen LogP contribution in [0.15, 0.2) is 66.7 Å². The summed E-state index contributed by atoms with van der Waals surface area (Å²) in [6.45, 7) is -0.157. The summed E-state index contributed by atoms with van der Waals surface area (Å²) in [5.41, 5.74) is 1.71. The molecule has 1 aliphatic heterocycles. The Morgan fingerprint density at radius 1 is 1.00 bits per heavy atom. The van der Waals surface area contributed by atoms with E-state index >= 15 is 0 Å². The molecule has 0 saturated carbocycles. The minimum atomic E-state index is -1.14. The third-order valence-corrected chi connectivity index (χ3v) is 5.91. The van der Waals surface area contributed by atoms with Crippen LogP contribution in [0.25, 0.3) is 0 Å². The Kier molecular flexibility index (Phi) is 7.33. The van der Waals surface area contributed by atoms with Crippen molar-refractivity contribution in [2.24, 2.45) is 0 Å². The van der Waals surface area contributed by atoms with Crippen LogP contribution in [0.4, 0.5) is 0 Å². The number of halogens is 1. The van der Waals surface area contributed by atoms with E-state index < -0.39 is 23.8 Å². The number of nitrogens with one attached hydrogen (secondary N) is 1. The van der Waals surface area contributed by atoms with Crippen LogP contribution in [-0.2, 0) is 6.61 Å². The highest BCUT2D eigenvalue weighted by molar-refractivity contribution is 6.31. The summed E-state index contributed by atoms with van der Waals surface area (Å²) in [7, 11) is 1.46. The van der Waals surface area contributed by atoms with Crippen LogP contribution in [0.5, 0.6) is 11.5 Å². The first kappa shape index (κ1) is 24.3. The molecule has 0 bridgehead atoms. The summed E-state index contributed by atoms with van der Waals surface area (Å²) >= 11 is 6.16. The second-order valence-electron chi connectivity index (χ2n) is 7.88. The number of β-amino-alcohol motifs (C(OH)–C–C–N with tert-alkyl or cyclic N) is 1. The van der Waals surface area contributed by atoms with Gasteiger partial charge in [-0.25, -0.2) is 0 Å². The SMILES string of the molecule is COc1cc(C(=O)NC[C@H](O)CN2C(=O)c3ccccc3C2=O)ccc1OCc1ccccc1Cl. The van der Waals surface area contributed by atoms with Crippen molar-refractivity contribution in [3.8, 4) is 11.5 Å². The first-order valence-corrected chi connectivity index (χ1v) is 11.2. The summed E-state index contributed by atoms with van der Waals surface area (Å²) in [5, 5.41) is 13.5. The summed E-state index contributed by atoms with van der Waals surface area (Å²) in [5.74, 6) is -0.588. The van der Waals surface area contributed by atoms with Crippen molar-refractivity contribution in [3.05, 3.63) is 94.0 Å². The van der Waals surface area contributed by atoms with E-state index in [0.717, 1.165) is 10.5 Å². The third kappa shape index (κ3) is 5.29. The lowest BCUT2D eigenvalue weighted by Crippen LogP contribution is -2.42. The van der Waals surface area contributed by atoms with E-state index in [-0.39, 0.29) is 19.7 Å². The number of benzene rings is 3. The van der Waals surface area contributed by atoms with Crippen molar-refractivity contribution in [2.75, 3.05) is 20.2 Å². The van der Waals surface area contributed by atoms with Gasteiger partial charge in [0, 0.05) is 22.7 Å². The lowest BCUT2D eigenvalue weighted by atomic mass is 10.1. The van der Waals surface area contributed by atoms with E-state index in [0.29, 0.717) is 33.2 Å². The summed E-state index contributed by atoms with van der Waals surface area (Å²) < 4.78 is 11.2. The van der Waals surface area contributed by atoms with Gasteiger partial charge in [0.15, 0.2) is 11.5 Å². The van der Waals surface area contributed by atoms with Crippen molar-refractivity contribution >= 4 is 29.3 Å². The van der Waals surface area contributed by atoms with Crippen LogP contribution in [0.1, 0.15) is 36.6 Å². The molecule has 9 heteroatoms. The quantitative estimate of drug-likeness (QED) is 0.442. The lowest BCUT2D eigenvalue weighted by molar-refractivity contribution is 0.0542. The molecular weight excluding hydrogens is 472 g/mol. The molecule has 180 valence electrons. The molecule has 1 atom stereocenters. The second-order valence-corrected chi connectivity index (χ2v) is 8.28. The molecule has 4 rings (SSSR count). The molecule has 1 heterocycles. The number of carbonyl (C=O) groups excluding carboxylic acids is 3. The highest BCUT2D eigenvalue weighted by atomic mass is 35.5. The van der Waals surface area contributed by atoms with Crippen molar-refractivity contribution in [1.29, 1.82) is 0 Å². The molecule has 0 fully saturated rings. The highest BCUT2D eigenvalue weighted by Gasteiger charge is 2.36. The Hall–Kier alpha value is -3.88. The van der Waals surface area contributed by atoms with Gasteiger partial charge < -0.3 is 19.9 Å². The number of aliphatic hydroxyl groups is 1. The molecule has 0 aromatic heterocycles. The van der Waals surface area contributed by atoms with E-state index in [1.165, 1.54) is 13.2 Å². The molecule has 1 aliphatic rings. The molecule has 3 amide bonds. The van der Waals surface area contributed by atoms with Gasteiger partial charge in [0.05, 0.1) is 30.9 Å². The number of fused-ring (bicyclic) bond motifs is 1. The summed E-state index contributed by atoms with van der Waals surface area (Å²) in [6.07, 6.45) is -1.14. The predicted octanol–water partition coefficient (Wildman–Crippen LogP) is 3.31. The largest absolute Gasteiger partial charge is 0.493 e. The second kappa shape index (κ2) is 10.6.